The molecule has 2 aromatic rings. The van der Waals surface area contributed by atoms with E-state index in [0.29, 0.717) is 0 Å². The van der Waals surface area contributed by atoms with E-state index in [-0.39, 0.29) is 24.2 Å². The van der Waals surface area contributed by atoms with Crippen molar-refractivity contribution in [2.75, 3.05) is 18.0 Å². The Kier molecular flexibility index (Phi) is 4.10. The van der Waals surface area contributed by atoms with Gasteiger partial charge in [0.1, 0.15) is 17.3 Å². The highest BCUT2D eigenvalue weighted by Crippen LogP contribution is 2.37. The van der Waals surface area contributed by atoms with Crippen LogP contribution in [0.1, 0.15) is 29.2 Å². The molecule has 26 heavy (non-hydrogen) atoms. The van der Waals surface area contributed by atoms with Crippen molar-refractivity contribution in [3.8, 4) is 0 Å². The number of pyridine rings is 1. The molecular weight excluding hydrogens is 343 g/mol. The van der Waals surface area contributed by atoms with Crippen molar-refractivity contribution in [1.82, 2.24) is 19.9 Å². The van der Waals surface area contributed by atoms with Gasteiger partial charge in [0, 0.05) is 49.7 Å². The summed E-state index contributed by atoms with van der Waals surface area (Å²) in [6, 6.07) is 5.54. The Morgan fingerprint density at radius 2 is 1.88 bits per heavy atom. The van der Waals surface area contributed by atoms with Gasteiger partial charge in [-0.25, -0.2) is 9.97 Å². The molecule has 0 radical (unpaired) electrons. The third-order valence-corrected chi connectivity index (χ3v) is 5.13. The lowest BCUT2D eigenvalue weighted by Crippen LogP contribution is -2.68. The fraction of sp³-hybridized carbons (Fsp3) is 0.500. The summed E-state index contributed by atoms with van der Waals surface area (Å²) < 4.78 is 39.5. The quantitative estimate of drug-likeness (QED) is 0.839. The highest BCUT2D eigenvalue weighted by atomic mass is 19.4. The van der Waals surface area contributed by atoms with Crippen LogP contribution >= 0.6 is 0 Å². The minimum Gasteiger partial charge on any atom is -0.353 e. The van der Waals surface area contributed by atoms with Gasteiger partial charge in [0.05, 0.1) is 0 Å². The zero-order valence-electron chi connectivity index (χ0n) is 14.7. The van der Waals surface area contributed by atoms with E-state index in [0.717, 1.165) is 36.8 Å². The number of alkyl halides is 3. The van der Waals surface area contributed by atoms with Crippen LogP contribution in [0.5, 0.6) is 0 Å². The van der Waals surface area contributed by atoms with Crippen LogP contribution < -0.4 is 4.90 Å². The summed E-state index contributed by atoms with van der Waals surface area (Å²) in [5, 5.41) is 0. The molecule has 0 saturated carbocycles. The van der Waals surface area contributed by atoms with Crippen molar-refractivity contribution >= 4 is 5.82 Å². The minimum atomic E-state index is -4.42. The van der Waals surface area contributed by atoms with E-state index in [1.807, 2.05) is 19.9 Å². The highest BCUT2D eigenvalue weighted by molar-refractivity contribution is 5.42. The summed E-state index contributed by atoms with van der Waals surface area (Å²) in [6.45, 7) is 5.64. The Hall–Kier alpha value is -2.22. The van der Waals surface area contributed by atoms with Crippen molar-refractivity contribution in [2.45, 2.75) is 45.1 Å². The molecule has 5 nitrogen and oxygen atoms in total. The molecule has 0 spiro atoms. The number of halogens is 3. The number of hydrogen-bond donors (Lipinski definition) is 0. The molecular formula is C18H20F3N5. The second-order valence-corrected chi connectivity index (χ2v) is 7.04. The zero-order chi connectivity index (χ0) is 18.5. The number of nitrogens with zero attached hydrogens (tertiary/aromatic N) is 5. The molecule has 2 unspecified atom stereocenters. The predicted molar refractivity (Wildman–Crippen MR) is 90.7 cm³/mol. The molecule has 138 valence electrons. The monoisotopic (exact) mass is 363 g/mol. The van der Waals surface area contributed by atoms with Gasteiger partial charge in [0.2, 0.25) is 0 Å². The topological polar surface area (TPSA) is 45.2 Å². The zero-order valence-corrected chi connectivity index (χ0v) is 14.7. The molecule has 2 aromatic heterocycles. The van der Waals surface area contributed by atoms with Crippen LogP contribution in [0.3, 0.4) is 0 Å². The van der Waals surface area contributed by atoms with E-state index < -0.39 is 11.9 Å². The molecule has 2 atom stereocenters. The average molecular weight is 363 g/mol. The first-order chi connectivity index (χ1) is 12.3. The van der Waals surface area contributed by atoms with Gasteiger partial charge in [0.25, 0.3) is 0 Å². The minimum absolute atomic E-state index is 0.241. The first-order valence-corrected chi connectivity index (χ1v) is 8.65. The van der Waals surface area contributed by atoms with Gasteiger partial charge in [-0.3, -0.25) is 9.88 Å². The van der Waals surface area contributed by atoms with Gasteiger partial charge >= 0.3 is 6.18 Å². The molecule has 0 amide bonds. The van der Waals surface area contributed by atoms with E-state index in [4.69, 9.17) is 0 Å². The van der Waals surface area contributed by atoms with Gasteiger partial charge in [-0.1, -0.05) is 6.07 Å². The fourth-order valence-corrected chi connectivity index (χ4v) is 4.01. The number of aryl methyl sites for hydroxylation is 2. The fourth-order valence-electron chi connectivity index (χ4n) is 4.01. The Balaban J connectivity index is 1.49. The normalized spacial score (nSPS) is 23.0. The third kappa shape index (κ3) is 3.13. The van der Waals surface area contributed by atoms with E-state index in [2.05, 4.69) is 24.8 Å². The van der Waals surface area contributed by atoms with Crippen LogP contribution in [-0.2, 0) is 12.7 Å². The SMILES string of the molecule is Cc1cc(N2CC3CC(C2)N3Cc2cccnc2C(F)(F)F)nc(C)n1. The van der Waals surface area contributed by atoms with Crippen LogP contribution in [0.25, 0.3) is 0 Å². The van der Waals surface area contributed by atoms with Gasteiger partial charge in [-0.05, 0) is 31.9 Å². The Bertz CT molecular complexity index is 790. The largest absolute Gasteiger partial charge is 0.433 e. The van der Waals surface area contributed by atoms with Crippen molar-refractivity contribution in [3.05, 3.63) is 47.2 Å². The van der Waals surface area contributed by atoms with Gasteiger partial charge in [-0.15, -0.1) is 0 Å². The van der Waals surface area contributed by atoms with Crippen molar-refractivity contribution in [1.29, 1.82) is 0 Å². The van der Waals surface area contributed by atoms with Crippen LogP contribution in [0.4, 0.5) is 19.0 Å². The van der Waals surface area contributed by atoms with Crippen LogP contribution in [0.15, 0.2) is 24.4 Å². The summed E-state index contributed by atoms with van der Waals surface area (Å²) in [5.74, 6) is 1.64. The van der Waals surface area contributed by atoms with Crippen molar-refractivity contribution in [2.24, 2.45) is 0 Å². The van der Waals surface area contributed by atoms with Gasteiger partial charge in [-0.2, -0.15) is 13.2 Å². The maximum atomic E-state index is 13.2. The lowest BCUT2D eigenvalue weighted by atomic mass is 9.86. The number of rotatable bonds is 3. The van der Waals surface area contributed by atoms with Crippen LogP contribution in [0, 0.1) is 13.8 Å². The van der Waals surface area contributed by atoms with Crippen LogP contribution in [0.2, 0.25) is 0 Å². The van der Waals surface area contributed by atoms with Crippen LogP contribution in [-0.4, -0.2) is 45.0 Å². The smallest absolute Gasteiger partial charge is 0.353 e. The van der Waals surface area contributed by atoms with E-state index in [1.165, 1.54) is 12.3 Å². The molecule has 3 fully saturated rings. The summed E-state index contributed by atoms with van der Waals surface area (Å²) in [5.41, 5.74) is 0.398. The molecule has 3 saturated heterocycles. The Morgan fingerprint density at radius 3 is 2.54 bits per heavy atom. The Labute approximate surface area is 149 Å². The molecule has 2 bridgehead atoms. The second-order valence-electron chi connectivity index (χ2n) is 7.04. The van der Waals surface area contributed by atoms with Crippen molar-refractivity contribution in [3.63, 3.8) is 0 Å². The summed E-state index contributed by atoms with van der Waals surface area (Å²) in [7, 11) is 0. The first-order valence-electron chi connectivity index (χ1n) is 8.65. The van der Waals surface area contributed by atoms with Gasteiger partial charge in [0.15, 0.2) is 0 Å². The van der Waals surface area contributed by atoms with Crippen molar-refractivity contribution < 1.29 is 13.2 Å². The third-order valence-electron chi connectivity index (χ3n) is 5.13. The van der Waals surface area contributed by atoms with E-state index in [9.17, 15) is 13.2 Å². The number of piperazine rings is 1. The second kappa shape index (κ2) is 6.19. The van der Waals surface area contributed by atoms with E-state index >= 15 is 0 Å². The summed E-state index contributed by atoms with van der Waals surface area (Å²) in [4.78, 5) is 16.7. The van der Waals surface area contributed by atoms with E-state index in [1.54, 1.807) is 6.07 Å². The van der Waals surface area contributed by atoms with Gasteiger partial charge < -0.3 is 4.90 Å². The molecule has 3 aliphatic heterocycles. The average Bonchev–Trinajstić information content (AvgIpc) is 2.58. The first kappa shape index (κ1) is 17.2. The maximum Gasteiger partial charge on any atom is 0.433 e. The maximum absolute atomic E-state index is 13.2. The Morgan fingerprint density at radius 1 is 1.15 bits per heavy atom. The number of piperidine rings is 1. The summed E-state index contributed by atoms with van der Waals surface area (Å²) in [6.07, 6.45) is -2.20. The standard InChI is InChI=1S/C18H20F3N5/c1-11-6-16(24-12(2)23-11)25-9-14-7-15(10-25)26(14)8-13-4-3-5-22-17(13)18(19,20)21/h3-6,14-15H,7-10H2,1-2H3. The molecule has 5 heterocycles. The molecule has 8 heteroatoms. The molecule has 0 aromatic carbocycles. The predicted octanol–water partition coefficient (Wildman–Crippen LogP) is 2.97. The molecule has 5 rings (SSSR count). The number of aromatic nitrogens is 3. The lowest BCUT2D eigenvalue weighted by molar-refractivity contribution is -0.142. The summed E-state index contributed by atoms with van der Waals surface area (Å²) >= 11 is 0. The molecule has 3 aliphatic rings. The number of fused-ring (bicyclic) bond motifs is 2. The highest BCUT2D eigenvalue weighted by Gasteiger charge is 2.46. The molecule has 0 N–H and O–H groups in total. The molecule has 0 aliphatic carbocycles. The lowest BCUT2D eigenvalue weighted by Gasteiger charge is -2.56. The number of anilines is 1. The number of hydrogen-bond acceptors (Lipinski definition) is 5.